The maximum absolute atomic E-state index is 12.7. The molecule has 2 heterocycles. The van der Waals surface area contributed by atoms with Crippen molar-refractivity contribution in [3.05, 3.63) is 41.5 Å². The molecule has 25 heavy (non-hydrogen) atoms. The minimum atomic E-state index is -0.0182. The van der Waals surface area contributed by atoms with E-state index >= 15 is 0 Å². The lowest BCUT2D eigenvalue weighted by molar-refractivity contribution is -0.129. The van der Waals surface area contributed by atoms with Crippen LogP contribution < -0.4 is 0 Å². The van der Waals surface area contributed by atoms with Crippen LogP contribution in [0.15, 0.2) is 30.3 Å². The molecule has 0 aromatic heterocycles. The molecule has 3 rings (SSSR count). The van der Waals surface area contributed by atoms with Crippen LogP contribution in [0.5, 0.6) is 0 Å². The molecule has 2 aliphatic heterocycles. The first-order valence-electron chi connectivity index (χ1n) is 8.95. The van der Waals surface area contributed by atoms with Crippen molar-refractivity contribution in [3.8, 4) is 6.07 Å². The second-order valence-electron chi connectivity index (χ2n) is 6.58. The first-order chi connectivity index (χ1) is 12.2. The van der Waals surface area contributed by atoms with Crippen LogP contribution in [0, 0.1) is 11.3 Å². The molecule has 5 heteroatoms. The van der Waals surface area contributed by atoms with Gasteiger partial charge in [-0.1, -0.05) is 12.1 Å². The van der Waals surface area contributed by atoms with Gasteiger partial charge in [0, 0.05) is 32.4 Å². The van der Waals surface area contributed by atoms with E-state index in [0.717, 1.165) is 44.5 Å². The Morgan fingerprint density at radius 2 is 1.72 bits per heavy atom. The standard InChI is InChI=1S/C20H24N2O3/c21-13-17-7-5-16(6-8-17)9-10-20(23)22(14-18-3-1-11-24-18)15-19-4-2-12-25-19/h5-10,18-19H,1-4,11-12,14-15H2. The zero-order valence-corrected chi connectivity index (χ0v) is 14.4. The van der Waals surface area contributed by atoms with Gasteiger partial charge in [-0.15, -0.1) is 0 Å². The van der Waals surface area contributed by atoms with E-state index in [2.05, 4.69) is 6.07 Å². The molecule has 0 saturated carbocycles. The first kappa shape index (κ1) is 17.7. The van der Waals surface area contributed by atoms with Gasteiger partial charge in [0.25, 0.3) is 0 Å². The number of carbonyl (C=O) groups excluding carboxylic acids is 1. The highest BCUT2D eigenvalue weighted by Gasteiger charge is 2.25. The first-order valence-corrected chi connectivity index (χ1v) is 8.95. The molecular weight excluding hydrogens is 316 g/mol. The van der Waals surface area contributed by atoms with Crippen molar-refractivity contribution in [2.24, 2.45) is 0 Å². The summed E-state index contributed by atoms with van der Waals surface area (Å²) in [5.74, 6) is -0.0182. The van der Waals surface area contributed by atoms with Gasteiger partial charge in [-0.3, -0.25) is 4.79 Å². The van der Waals surface area contributed by atoms with Gasteiger partial charge in [0.15, 0.2) is 0 Å². The normalized spacial score (nSPS) is 23.0. The van der Waals surface area contributed by atoms with Crippen LogP contribution in [0.4, 0.5) is 0 Å². The number of carbonyl (C=O) groups is 1. The Morgan fingerprint density at radius 3 is 2.20 bits per heavy atom. The molecule has 1 aromatic carbocycles. The Morgan fingerprint density at radius 1 is 1.12 bits per heavy atom. The van der Waals surface area contributed by atoms with Gasteiger partial charge in [0.05, 0.1) is 23.8 Å². The number of rotatable bonds is 6. The fraction of sp³-hybridized carbons (Fsp3) is 0.500. The zero-order valence-electron chi connectivity index (χ0n) is 14.4. The number of ether oxygens (including phenoxy) is 2. The molecule has 1 amide bonds. The van der Waals surface area contributed by atoms with Crippen molar-refractivity contribution in [2.45, 2.75) is 37.9 Å². The summed E-state index contributed by atoms with van der Waals surface area (Å²) in [6.07, 6.45) is 7.81. The van der Waals surface area contributed by atoms with Crippen LogP contribution in [-0.4, -0.2) is 49.3 Å². The van der Waals surface area contributed by atoms with E-state index in [-0.39, 0.29) is 18.1 Å². The smallest absolute Gasteiger partial charge is 0.246 e. The second kappa shape index (κ2) is 8.80. The number of benzene rings is 1. The van der Waals surface area contributed by atoms with E-state index in [0.29, 0.717) is 18.7 Å². The maximum atomic E-state index is 12.7. The lowest BCUT2D eigenvalue weighted by Crippen LogP contribution is -2.41. The molecule has 2 aliphatic rings. The van der Waals surface area contributed by atoms with Crippen molar-refractivity contribution in [3.63, 3.8) is 0 Å². The molecule has 0 bridgehead atoms. The van der Waals surface area contributed by atoms with Crippen LogP contribution in [0.3, 0.4) is 0 Å². The van der Waals surface area contributed by atoms with Crippen LogP contribution in [-0.2, 0) is 14.3 Å². The van der Waals surface area contributed by atoms with Gasteiger partial charge in [-0.2, -0.15) is 5.26 Å². The largest absolute Gasteiger partial charge is 0.376 e. The molecule has 132 valence electrons. The highest BCUT2D eigenvalue weighted by atomic mass is 16.5. The molecule has 5 nitrogen and oxygen atoms in total. The predicted octanol–water partition coefficient (Wildman–Crippen LogP) is 2.76. The molecular formula is C20H24N2O3. The van der Waals surface area contributed by atoms with Crippen molar-refractivity contribution >= 4 is 12.0 Å². The fourth-order valence-electron chi connectivity index (χ4n) is 3.26. The Balaban J connectivity index is 1.63. The van der Waals surface area contributed by atoms with Crippen LogP contribution in [0.25, 0.3) is 6.08 Å². The van der Waals surface area contributed by atoms with Gasteiger partial charge < -0.3 is 14.4 Å². The van der Waals surface area contributed by atoms with Crippen LogP contribution in [0.2, 0.25) is 0 Å². The lowest BCUT2D eigenvalue weighted by Gasteiger charge is -2.26. The van der Waals surface area contributed by atoms with Gasteiger partial charge in [0.2, 0.25) is 5.91 Å². The highest BCUT2D eigenvalue weighted by molar-refractivity contribution is 5.91. The lowest BCUT2D eigenvalue weighted by atomic mass is 10.1. The van der Waals surface area contributed by atoms with Crippen molar-refractivity contribution in [1.82, 2.24) is 4.90 Å². The summed E-state index contributed by atoms with van der Waals surface area (Å²) in [5, 5.41) is 8.84. The topological polar surface area (TPSA) is 62.6 Å². The van der Waals surface area contributed by atoms with Gasteiger partial charge in [-0.25, -0.2) is 0 Å². The minimum absolute atomic E-state index is 0.0182. The summed E-state index contributed by atoms with van der Waals surface area (Å²) < 4.78 is 11.4. The third-order valence-electron chi connectivity index (χ3n) is 4.67. The fourth-order valence-corrected chi connectivity index (χ4v) is 3.26. The monoisotopic (exact) mass is 340 g/mol. The third-order valence-corrected chi connectivity index (χ3v) is 4.67. The van der Waals surface area contributed by atoms with E-state index in [1.54, 1.807) is 24.3 Å². The molecule has 0 aliphatic carbocycles. The molecule has 0 radical (unpaired) electrons. The molecule has 0 N–H and O–H groups in total. The van der Waals surface area contributed by atoms with Crippen molar-refractivity contribution in [2.75, 3.05) is 26.3 Å². The number of hydrogen-bond acceptors (Lipinski definition) is 4. The van der Waals surface area contributed by atoms with E-state index in [9.17, 15) is 4.79 Å². The summed E-state index contributed by atoms with van der Waals surface area (Å²) in [5.41, 5.74) is 1.52. The Kier molecular flexibility index (Phi) is 6.21. The third kappa shape index (κ3) is 5.15. The zero-order chi connectivity index (χ0) is 17.5. The predicted molar refractivity (Wildman–Crippen MR) is 94.7 cm³/mol. The Labute approximate surface area is 148 Å². The molecule has 2 saturated heterocycles. The Hall–Kier alpha value is -2.16. The molecule has 2 unspecified atom stereocenters. The summed E-state index contributed by atoms with van der Waals surface area (Å²) >= 11 is 0. The van der Waals surface area contributed by atoms with Gasteiger partial charge in [-0.05, 0) is 49.5 Å². The summed E-state index contributed by atoms with van der Waals surface area (Å²) in [6, 6.07) is 9.27. The summed E-state index contributed by atoms with van der Waals surface area (Å²) in [4.78, 5) is 14.5. The summed E-state index contributed by atoms with van der Waals surface area (Å²) in [6.45, 7) is 2.81. The van der Waals surface area contributed by atoms with E-state index < -0.39 is 0 Å². The number of amides is 1. The van der Waals surface area contributed by atoms with E-state index in [1.165, 1.54) is 0 Å². The second-order valence-corrected chi connectivity index (χ2v) is 6.58. The minimum Gasteiger partial charge on any atom is -0.376 e. The summed E-state index contributed by atoms with van der Waals surface area (Å²) in [7, 11) is 0. The maximum Gasteiger partial charge on any atom is 0.246 e. The number of hydrogen-bond donors (Lipinski definition) is 0. The van der Waals surface area contributed by atoms with E-state index in [4.69, 9.17) is 14.7 Å². The average Bonchev–Trinajstić information content (AvgIpc) is 3.33. The van der Waals surface area contributed by atoms with Crippen LogP contribution >= 0.6 is 0 Å². The van der Waals surface area contributed by atoms with E-state index in [1.807, 2.05) is 17.0 Å². The highest BCUT2D eigenvalue weighted by Crippen LogP contribution is 2.18. The Bertz CT molecular complexity index is 618. The van der Waals surface area contributed by atoms with Crippen molar-refractivity contribution in [1.29, 1.82) is 5.26 Å². The van der Waals surface area contributed by atoms with Gasteiger partial charge in [0.1, 0.15) is 0 Å². The van der Waals surface area contributed by atoms with Crippen LogP contribution in [0.1, 0.15) is 36.8 Å². The van der Waals surface area contributed by atoms with Crippen molar-refractivity contribution < 1.29 is 14.3 Å². The quantitative estimate of drug-likeness (QED) is 0.747. The van der Waals surface area contributed by atoms with Gasteiger partial charge >= 0.3 is 0 Å². The number of nitrogens with zero attached hydrogens (tertiary/aromatic N) is 2. The molecule has 2 atom stereocenters. The molecule has 2 fully saturated rings. The SMILES string of the molecule is N#Cc1ccc(C=CC(=O)N(CC2CCCO2)CC2CCCO2)cc1. The average molecular weight is 340 g/mol. The number of nitriles is 1. The molecule has 1 aromatic rings. The molecule has 0 spiro atoms.